The van der Waals surface area contributed by atoms with Crippen molar-refractivity contribution in [1.82, 2.24) is 0 Å². The molecule has 0 bridgehead atoms. The summed E-state index contributed by atoms with van der Waals surface area (Å²) in [5, 5.41) is 46.2. The van der Waals surface area contributed by atoms with Crippen LogP contribution in [-0.4, -0.2) is 20.4 Å². The van der Waals surface area contributed by atoms with E-state index in [0.29, 0.717) is 11.1 Å². The van der Waals surface area contributed by atoms with Gasteiger partial charge >= 0.3 is 0 Å². The fraction of sp³-hybridized carbons (Fsp3) is 0.235. The Morgan fingerprint density at radius 2 is 0.895 bits per heavy atom. The summed E-state index contributed by atoms with van der Waals surface area (Å²) in [5.41, 5.74) is 5.04. The van der Waals surface area contributed by atoms with Gasteiger partial charge in [0.05, 0.1) is 0 Å². The van der Waals surface area contributed by atoms with Gasteiger partial charge in [0.2, 0.25) is 0 Å². The molecule has 0 aromatic heterocycles. The van der Waals surface area contributed by atoms with E-state index in [9.17, 15) is 20.4 Å². The van der Waals surface area contributed by atoms with Gasteiger partial charge in [-0.15, -0.1) is 0 Å². The molecule has 5 aromatic rings. The first-order valence-corrected chi connectivity index (χ1v) is 13.5. The molecule has 38 heavy (non-hydrogen) atoms. The number of hydrogen-bond donors (Lipinski definition) is 4. The third kappa shape index (κ3) is 4.74. The van der Waals surface area contributed by atoms with E-state index in [-0.39, 0.29) is 23.0 Å². The molecule has 0 radical (unpaired) electrons. The van der Waals surface area contributed by atoms with Crippen LogP contribution in [0.2, 0.25) is 0 Å². The van der Waals surface area contributed by atoms with Crippen molar-refractivity contribution in [2.45, 2.75) is 52.4 Å². The molecular weight excluding hydrogens is 472 g/mol. The Balaban J connectivity index is 1.59. The Bertz CT molecular complexity index is 1490. The highest BCUT2D eigenvalue weighted by Gasteiger charge is 2.18. The SMILES string of the molecule is CCCCc1ccc2c(-c3ccc(-c4c(O)c(O)cc5cc(CCCC)ccc45)cc3)c(O)c(O)cc2c1. The van der Waals surface area contributed by atoms with Crippen LogP contribution < -0.4 is 0 Å². The minimum atomic E-state index is -0.156. The number of phenolic OH excluding ortho intramolecular Hbond substituents is 4. The largest absolute Gasteiger partial charge is 0.504 e. The molecule has 0 saturated carbocycles. The monoisotopic (exact) mass is 506 g/mol. The minimum absolute atomic E-state index is 0.153. The van der Waals surface area contributed by atoms with Crippen LogP contribution in [0.15, 0.2) is 72.8 Å². The van der Waals surface area contributed by atoms with Gasteiger partial charge in [-0.05, 0) is 81.6 Å². The van der Waals surface area contributed by atoms with Crippen molar-refractivity contribution in [3.8, 4) is 45.3 Å². The van der Waals surface area contributed by atoms with Gasteiger partial charge < -0.3 is 20.4 Å². The number of unbranched alkanes of at least 4 members (excludes halogenated alkanes) is 2. The molecule has 5 rings (SSSR count). The number of fused-ring (bicyclic) bond motifs is 2. The van der Waals surface area contributed by atoms with E-state index in [4.69, 9.17) is 0 Å². The van der Waals surface area contributed by atoms with Crippen molar-refractivity contribution < 1.29 is 20.4 Å². The zero-order valence-electron chi connectivity index (χ0n) is 22.0. The van der Waals surface area contributed by atoms with E-state index in [1.165, 1.54) is 11.1 Å². The maximum absolute atomic E-state index is 10.8. The topological polar surface area (TPSA) is 80.9 Å². The number of aryl methyl sites for hydroxylation is 2. The van der Waals surface area contributed by atoms with E-state index < -0.39 is 0 Å². The molecule has 5 aromatic carbocycles. The number of phenols is 4. The molecule has 0 fully saturated rings. The smallest absolute Gasteiger partial charge is 0.166 e. The first-order valence-electron chi connectivity index (χ1n) is 13.5. The van der Waals surface area contributed by atoms with Gasteiger partial charge in [0, 0.05) is 11.1 Å². The Labute approximate surface area is 223 Å². The molecule has 0 atom stereocenters. The Hall–Kier alpha value is -4.18. The number of hydrogen-bond acceptors (Lipinski definition) is 4. The van der Waals surface area contributed by atoms with Gasteiger partial charge in [0.1, 0.15) is 0 Å². The maximum Gasteiger partial charge on any atom is 0.166 e. The molecule has 0 heterocycles. The Kier molecular flexibility index (Phi) is 7.15. The van der Waals surface area contributed by atoms with Crippen molar-refractivity contribution in [3.05, 3.63) is 83.9 Å². The zero-order valence-corrected chi connectivity index (χ0v) is 22.0. The molecule has 0 aliphatic rings. The van der Waals surface area contributed by atoms with E-state index in [0.717, 1.165) is 71.2 Å². The third-order valence-electron chi connectivity index (χ3n) is 7.41. The summed E-state index contributed by atoms with van der Waals surface area (Å²) in [4.78, 5) is 0. The second kappa shape index (κ2) is 10.7. The molecule has 0 unspecified atom stereocenters. The molecule has 0 spiro atoms. The summed E-state index contributed by atoms with van der Waals surface area (Å²) in [6.07, 6.45) is 6.36. The lowest BCUT2D eigenvalue weighted by Crippen LogP contribution is -1.90. The maximum atomic E-state index is 10.8. The van der Waals surface area contributed by atoms with Gasteiger partial charge in [-0.3, -0.25) is 0 Å². The summed E-state index contributed by atoms with van der Waals surface area (Å²) >= 11 is 0. The highest BCUT2D eigenvalue weighted by atomic mass is 16.3. The van der Waals surface area contributed by atoms with Gasteiger partial charge in [0.25, 0.3) is 0 Å². The molecular formula is C34H34O4. The molecule has 0 aliphatic carbocycles. The lowest BCUT2D eigenvalue weighted by Gasteiger charge is -2.15. The molecule has 0 amide bonds. The first kappa shape index (κ1) is 25.5. The van der Waals surface area contributed by atoms with Crippen molar-refractivity contribution >= 4 is 21.5 Å². The van der Waals surface area contributed by atoms with Crippen molar-refractivity contribution in [1.29, 1.82) is 0 Å². The zero-order chi connectivity index (χ0) is 26.8. The van der Waals surface area contributed by atoms with Crippen LogP contribution in [0.5, 0.6) is 23.0 Å². The van der Waals surface area contributed by atoms with E-state index >= 15 is 0 Å². The van der Waals surface area contributed by atoms with Crippen molar-refractivity contribution in [3.63, 3.8) is 0 Å². The molecule has 4 N–H and O–H groups in total. The van der Waals surface area contributed by atoms with Crippen LogP contribution in [0.4, 0.5) is 0 Å². The lowest BCUT2D eigenvalue weighted by molar-refractivity contribution is 0.406. The second-order valence-corrected chi connectivity index (χ2v) is 10.1. The van der Waals surface area contributed by atoms with Crippen LogP contribution in [0.1, 0.15) is 50.7 Å². The predicted molar refractivity (Wildman–Crippen MR) is 156 cm³/mol. The predicted octanol–water partition coefficient (Wildman–Crippen LogP) is 8.83. The lowest BCUT2D eigenvalue weighted by atomic mass is 9.91. The standard InChI is InChI=1S/C34H34O4/c1-3-5-7-21-9-15-27-25(17-21)19-29(35)33(37)31(27)23-11-13-24(14-12-23)32-28-16-10-22(8-6-4-2)18-26(28)20-30(36)34(32)38/h9-20,35-38H,3-8H2,1-2H3. The number of aromatic hydroxyl groups is 4. The second-order valence-electron chi connectivity index (χ2n) is 10.1. The van der Waals surface area contributed by atoms with Crippen LogP contribution in [-0.2, 0) is 12.8 Å². The molecule has 0 aliphatic heterocycles. The highest BCUT2D eigenvalue weighted by molar-refractivity contribution is 6.04. The Morgan fingerprint density at radius 1 is 0.500 bits per heavy atom. The van der Waals surface area contributed by atoms with Crippen LogP contribution in [0, 0.1) is 0 Å². The molecule has 0 saturated heterocycles. The van der Waals surface area contributed by atoms with Gasteiger partial charge in [-0.2, -0.15) is 0 Å². The van der Waals surface area contributed by atoms with Crippen molar-refractivity contribution in [2.75, 3.05) is 0 Å². The van der Waals surface area contributed by atoms with E-state index in [1.807, 2.05) is 36.4 Å². The Morgan fingerprint density at radius 3 is 1.26 bits per heavy atom. The fourth-order valence-electron chi connectivity index (χ4n) is 5.32. The van der Waals surface area contributed by atoms with Crippen LogP contribution in [0.3, 0.4) is 0 Å². The fourth-order valence-corrected chi connectivity index (χ4v) is 5.32. The summed E-state index contributed by atoms with van der Waals surface area (Å²) in [6, 6.07) is 23.1. The highest BCUT2D eigenvalue weighted by Crippen LogP contribution is 2.46. The summed E-state index contributed by atoms with van der Waals surface area (Å²) in [5.74, 6) is -0.618. The van der Waals surface area contributed by atoms with Gasteiger partial charge in [0.15, 0.2) is 23.0 Å². The van der Waals surface area contributed by atoms with Crippen LogP contribution in [0.25, 0.3) is 43.8 Å². The molecule has 4 nitrogen and oxygen atoms in total. The van der Waals surface area contributed by atoms with Gasteiger partial charge in [-0.1, -0.05) is 87.4 Å². The third-order valence-corrected chi connectivity index (χ3v) is 7.41. The first-order chi connectivity index (χ1) is 18.4. The number of benzene rings is 5. The molecule has 4 heteroatoms. The average Bonchev–Trinajstić information content (AvgIpc) is 2.92. The minimum Gasteiger partial charge on any atom is -0.504 e. The van der Waals surface area contributed by atoms with E-state index in [2.05, 4.69) is 38.1 Å². The number of rotatable bonds is 8. The van der Waals surface area contributed by atoms with Gasteiger partial charge in [-0.25, -0.2) is 0 Å². The summed E-state index contributed by atoms with van der Waals surface area (Å²) < 4.78 is 0. The normalized spacial score (nSPS) is 11.4. The quantitative estimate of drug-likeness (QED) is 0.158. The summed E-state index contributed by atoms with van der Waals surface area (Å²) in [7, 11) is 0. The summed E-state index contributed by atoms with van der Waals surface area (Å²) in [6.45, 7) is 4.33. The molecule has 194 valence electrons. The van der Waals surface area contributed by atoms with E-state index in [1.54, 1.807) is 12.1 Å². The average molecular weight is 507 g/mol. The van der Waals surface area contributed by atoms with Crippen LogP contribution >= 0.6 is 0 Å². The van der Waals surface area contributed by atoms with Crippen molar-refractivity contribution in [2.24, 2.45) is 0 Å².